The number of nitrogens with zero attached hydrogens (tertiary/aromatic N) is 2. The average molecular weight is 311 g/mol. The zero-order valence-corrected chi connectivity index (χ0v) is 13.8. The fourth-order valence-electron chi connectivity index (χ4n) is 3.74. The van der Waals surface area contributed by atoms with Gasteiger partial charge in [-0.05, 0) is 26.3 Å². The molecule has 5 heteroatoms. The first kappa shape index (κ1) is 14.3. The minimum Gasteiger partial charge on any atom is -0.379 e. The van der Waals surface area contributed by atoms with E-state index in [4.69, 9.17) is 4.84 Å². The number of para-hydroxylation sites is 1. The van der Waals surface area contributed by atoms with Crippen LogP contribution in [0.4, 0.5) is 0 Å². The fourth-order valence-corrected chi connectivity index (χ4v) is 3.74. The number of hydrogen-bond acceptors (Lipinski definition) is 3. The summed E-state index contributed by atoms with van der Waals surface area (Å²) in [6, 6.07) is 6.32. The maximum absolute atomic E-state index is 12.9. The number of carbonyl (C=O) groups is 1. The Balaban J connectivity index is 1.65. The standard InChI is InChI=1S/C18H21N3O2/c1-11-5-4-6-13-14-10-21(8-7-15(14)19-16(11)13)17(22)18(3)9-12(2)20-23-18/h4-6,19H,7-10H2,1-3H3/t18-/m1/s1. The van der Waals surface area contributed by atoms with E-state index in [0.717, 1.165) is 18.7 Å². The van der Waals surface area contributed by atoms with Crippen LogP contribution in [-0.4, -0.2) is 33.6 Å². The second-order valence-electron chi connectivity index (χ2n) is 6.88. The number of amides is 1. The molecule has 5 nitrogen and oxygen atoms in total. The second kappa shape index (κ2) is 4.85. The summed E-state index contributed by atoms with van der Waals surface area (Å²) in [6.45, 7) is 7.20. The normalized spacial score (nSPS) is 23.6. The minimum atomic E-state index is -0.844. The van der Waals surface area contributed by atoms with Crippen LogP contribution in [0.15, 0.2) is 23.4 Å². The van der Waals surface area contributed by atoms with Crippen molar-refractivity contribution in [3.05, 3.63) is 35.0 Å². The van der Waals surface area contributed by atoms with E-state index in [2.05, 4.69) is 35.3 Å². The summed E-state index contributed by atoms with van der Waals surface area (Å²) in [6.07, 6.45) is 1.42. The third-order valence-electron chi connectivity index (χ3n) is 4.95. The summed E-state index contributed by atoms with van der Waals surface area (Å²) >= 11 is 0. The Bertz CT molecular complexity index is 836. The monoisotopic (exact) mass is 311 g/mol. The van der Waals surface area contributed by atoms with E-state index in [1.165, 1.54) is 27.7 Å². The molecular formula is C18H21N3O2. The molecule has 1 atom stereocenters. The van der Waals surface area contributed by atoms with Crippen molar-refractivity contribution in [1.82, 2.24) is 9.88 Å². The van der Waals surface area contributed by atoms with Crippen LogP contribution in [-0.2, 0) is 22.6 Å². The Hall–Kier alpha value is -2.30. The van der Waals surface area contributed by atoms with Crippen molar-refractivity contribution < 1.29 is 9.63 Å². The van der Waals surface area contributed by atoms with Crippen molar-refractivity contribution in [1.29, 1.82) is 0 Å². The number of rotatable bonds is 1. The maximum atomic E-state index is 12.9. The van der Waals surface area contributed by atoms with Crippen LogP contribution in [0.2, 0.25) is 0 Å². The number of hydrogen-bond donors (Lipinski definition) is 1. The minimum absolute atomic E-state index is 0.0331. The van der Waals surface area contributed by atoms with E-state index in [-0.39, 0.29) is 5.91 Å². The molecule has 0 fully saturated rings. The predicted octanol–water partition coefficient (Wildman–Crippen LogP) is 2.92. The Labute approximate surface area is 135 Å². The van der Waals surface area contributed by atoms with E-state index in [1.807, 2.05) is 18.7 Å². The molecule has 2 aliphatic rings. The van der Waals surface area contributed by atoms with Gasteiger partial charge in [0.1, 0.15) is 0 Å². The van der Waals surface area contributed by atoms with Crippen LogP contribution in [0.5, 0.6) is 0 Å². The lowest BCUT2D eigenvalue weighted by atomic mass is 9.96. The lowest BCUT2D eigenvalue weighted by Crippen LogP contribution is -2.48. The highest BCUT2D eigenvalue weighted by atomic mass is 16.7. The van der Waals surface area contributed by atoms with Gasteiger partial charge >= 0.3 is 0 Å². The topological polar surface area (TPSA) is 57.7 Å². The molecule has 0 aliphatic carbocycles. The van der Waals surface area contributed by atoms with E-state index < -0.39 is 5.60 Å². The lowest BCUT2D eigenvalue weighted by molar-refractivity contribution is -0.154. The van der Waals surface area contributed by atoms with Crippen molar-refractivity contribution in [2.45, 2.75) is 45.8 Å². The highest BCUT2D eigenvalue weighted by Crippen LogP contribution is 2.32. The molecule has 0 saturated heterocycles. The van der Waals surface area contributed by atoms with Gasteiger partial charge < -0.3 is 14.7 Å². The van der Waals surface area contributed by atoms with Crippen LogP contribution >= 0.6 is 0 Å². The van der Waals surface area contributed by atoms with Gasteiger partial charge in [-0.2, -0.15) is 0 Å². The number of oxime groups is 1. The smallest absolute Gasteiger partial charge is 0.270 e. The Morgan fingerprint density at radius 1 is 1.39 bits per heavy atom. The molecule has 0 radical (unpaired) electrons. The summed E-state index contributed by atoms with van der Waals surface area (Å²) in [4.78, 5) is 23.8. The van der Waals surface area contributed by atoms with Crippen molar-refractivity contribution >= 4 is 22.5 Å². The van der Waals surface area contributed by atoms with E-state index >= 15 is 0 Å². The van der Waals surface area contributed by atoms with Gasteiger partial charge in [-0.3, -0.25) is 4.79 Å². The molecule has 1 amide bonds. The van der Waals surface area contributed by atoms with E-state index in [1.54, 1.807) is 0 Å². The zero-order chi connectivity index (χ0) is 16.2. The van der Waals surface area contributed by atoms with Crippen molar-refractivity contribution in [2.24, 2.45) is 5.16 Å². The summed E-state index contributed by atoms with van der Waals surface area (Å²) < 4.78 is 0. The molecular weight excluding hydrogens is 290 g/mol. The van der Waals surface area contributed by atoms with Crippen LogP contribution in [0.25, 0.3) is 10.9 Å². The first-order valence-corrected chi connectivity index (χ1v) is 8.08. The van der Waals surface area contributed by atoms with Gasteiger partial charge in [0.15, 0.2) is 0 Å². The van der Waals surface area contributed by atoms with Crippen LogP contribution in [0.3, 0.4) is 0 Å². The summed E-state index contributed by atoms with van der Waals surface area (Å²) in [5.74, 6) is 0.0331. The number of aryl methyl sites for hydroxylation is 1. The molecule has 0 spiro atoms. The molecule has 1 N–H and O–H groups in total. The van der Waals surface area contributed by atoms with Crippen LogP contribution in [0.1, 0.15) is 37.1 Å². The molecule has 1 aromatic carbocycles. The van der Waals surface area contributed by atoms with Crippen LogP contribution in [0, 0.1) is 6.92 Å². The molecule has 23 heavy (non-hydrogen) atoms. The number of benzene rings is 1. The highest BCUT2D eigenvalue weighted by molar-refractivity contribution is 5.95. The van der Waals surface area contributed by atoms with Crippen molar-refractivity contribution in [2.75, 3.05) is 6.54 Å². The Morgan fingerprint density at radius 3 is 2.96 bits per heavy atom. The molecule has 4 rings (SSSR count). The Morgan fingerprint density at radius 2 is 2.22 bits per heavy atom. The first-order valence-electron chi connectivity index (χ1n) is 8.08. The summed E-state index contributed by atoms with van der Waals surface area (Å²) in [5, 5.41) is 5.19. The molecule has 1 aromatic heterocycles. The van der Waals surface area contributed by atoms with Gasteiger partial charge in [-0.15, -0.1) is 0 Å². The first-order chi connectivity index (χ1) is 11.0. The number of aromatic amines is 1. The average Bonchev–Trinajstić information content (AvgIpc) is 3.08. The van der Waals surface area contributed by atoms with Crippen LogP contribution < -0.4 is 0 Å². The van der Waals surface area contributed by atoms with Gasteiger partial charge in [0.2, 0.25) is 5.60 Å². The van der Waals surface area contributed by atoms with Gasteiger partial charge in [0, 0.05) is 48.1 Å². The van der Waals surface area contributed by atoms with Gasteiger partial charge in [0.05, 0.1) is 5.71 Å². The SMILES string of the molecule is CC1=NO[C@@](C)(C(=O)N2CCc3[nH]c4c(C)cccc4c3C2)C1. The largest absolute Gasteiger partial charge is 0.379 e. The van der Waals surface area contributed by atoms with E-state index in [9.17, 15) is 4.79 Å². The number of nitrogens with one attached hydrogen (secondary N) is 1. The van der Waals surface area contributed by atoms with Crippen molar-refractivity contribution in [3.8, 4) is 0 Å². The number of aromatic nitrogens is 1. The van der Waals surface area contributed by atoms with E-state index in [0.29, 0.717) is 13.0 Å². The zero-order valence-electron chi connectivity index (χ0n) is 13.8. The van der Waals surface area contributed by atoms with Gasteiger partial charge in [-0.1, -0.05) is 23.4 Å². The third-order valence-corrected chi connectivity index (χ3v) is 4.95. The summed E-state index contributed by atoms with van der Waals surface area (Å²) in [5.41, 5.74) is 4.95. The van der Waals surface area contributed by atoms with Gasteiger partial charge in [0.25, 0.3) is 5.91 Å². The number of H-pyrrole nitrogens is 1. The third kappa shape index (κ3) is 2.14. The molecule has 2 aliphatic heterocycles. The van der Waals surface area contributed by atoms with Crippen molar-refractivity contribution in [3.63, 3.8) is 0 Å². The van der Waals surface area contributed by atoms with Gasteiger partial charge in [-0.25, -0.2) is 0 Å². The highest BCUT2D eigenvalue weighted by Gasteiger charge is 2.44. The Kier molecular flexibility index (Phi) is 3.01. The molecule has 0 saturated carbocycles. The quantitative estimate of drug-likeness (QED) is 0.880. The molecule has 3 heterocycles. The predicted molar refractivity (Wildman–Crippen MR) is 89.4 cm³/mol. The molecule has 2 aromatic rings. The number of fused-ring (bicyclic) bond motifs is 3. The number of carbonyl (C=O) groups excluding carboxylic acids is 1. The summed E-state index contributed by atoms with van der Waals surface area (Å²) in [7, 11) is 0. The second-order valence-corrected chi connectivity index (χ2v) is 6.88. The molecule has 0 unspecified atom stereocenters. The molecule has 120 valence electrons. The lowest BCUT2D eigenvalue weighted by Gasteiger charge is -2.32. The fraction of sp³-hybridized carbons (Fsp3) is 0.444. The molecule has 0 bridgehead atoms. The maximum Gasteiger partial charge on any atom is 0.270 e.